The van der Waals surface area contributed by atoms with Gasteiger partial charge in [0.1, 0.15) is 0 Å². The molecule has 3 heterocycles. The van der Waals surface area contributed by atoms with Crippen LogP contribution < -0.4 is 11.2 Å². The van der Waals surface area contributed by atoms with Crippen molar-refractivity contribution in [2.75, 3.05) is 6.61 Å². The van der Waals surface area contributed by atoms with Gasteiger partial charge in [-0.3, -0.25) is 0 Å². The van der Waals surface area contributed by atoms with E-state index in [0.29, 0.717) is 18.6 Å². The van der Waals surface area contributed by atoms with E-state index in [9.17, 15) is 9.59 Å². The molecule has 3 atom stereocenters. The zero-order valence-corrected chi connectivity index (χ0v) is 18.8. The fraction of sp³-hybridized carbons (Fsp3) is 0.778. The van der Waals surface area contributed by atoms with E-state index >= 15 is 0 Å². The Balaban J connectivity index is 1.75. The number of unbranched alkanes of at least 4 members (excludes halogenated alkanes) is 2. The van der Waals surface area contributed by atoms with Crippen molar-refractivity contribution in [2.45, 2.75) is 80.2 Å². The van der Waals surface area contributed by atoms with Crippen molar-refractivity contribution < 1.29 is 10.9 Å². The molecule has 1 N–H and O–H groups in total. The molecule has 146 valence electrons. The summed E-state index contributed by atoms with van der Waals surface area (Å²) < 4.78 is 22.7. The van der Waals surface area contributed by atoms with Gasteiger partial charge >= 0.3 is 159 Å². The number of rotatable bonds is 7. The van der Waals surface area contributed by atoms with Crippen molar-refractivity contribution >= 4 is 19.2 Å². The second-order valence-corrected chi connectivity index (χ2v) is 17.0. The predicted molar refractivity (Wildman–Crippen MR) is 101 cm³/mol. The third kappa shape index (κ3) is 4.26. The van der Waals surface area contributed by atoms with Crippen molar-refractivity contribution in [3.05, 3.63) is 32.6 Å². The first-order valence-corrected chi connectivity index (χ1v) is 16.1. The first kappa shape index (κ1) is 20.1. The van der Waals surface area contributed by atoms with Crippen LogP contribution in [0.3, 0.4) is 0 Å². The zero-order valence-electron chi connectivity index (χ0n) is 16.0. The van der Waals surface area contributed by atoms with Gasteiger partial charge in [-0.15, -0.1) is 0 Å². The molecule has 0 radical (unpaired) electrons. The van der Waals surface area contributed by atoms with Gasteiger partial charge in [0.15, 0.2) is 0 Å². The van der Waals surface area contributed by atoms with Gasteiger partial charge in [0.2, 0.25) is 0 Å². The molecule has 0 bridgehead atoms. The van der Waals surface area contributed by atoms with Crippen LogP contribution in [0.5, 0.6) is 0 Å². The first-order chi connectivity index (χ1) is 12.5. The molecule has 0 amide bonds. The van der Waals surface area contributed by atoms with Crippen LogP contribution in [-0.4, -0.2) is 47.6 Å². The van der Waals surface area contributed by atoms with Crippen LogP contribution in [0.4, 0.5) is 0 Å². The predicted octanol–water partition coefficient (Wildman–Crippen LogP) is 2.59. The molecule has 1 aromatic heterocycles. The first-order valence-electron chi connectivity index (χ1n) is 9.77. The number of nitrogens with zero attached hydrogens (tertiary/aromatic N) is 1. The molecule has 0 aromatic carbocycles. The Morgan fingerprint density at radius 3 is 2.54 bits per heavy atom. The quantitative estimate of drug-likeness (QED) is 0.616. The second kappa shape index (κ2) is 8.58. The van der Waals surface area contributed by atoms with Crippen molar-refractivity contribution in [3.8, 4) is 0 Å². The van der Waals surface area contributed by atoms with Gasteiger partial charge in [0.05, 0.1) is 0 Å². The van der Waals surface area contributed by atoms with E-state index in [0.717, 1.165) is 34.6 Å². The summed E-state index contributed by atoms with van der Waals surface area (Å²) in [6.07, 6.45) is 6.28. The average molecular weight is 473 g/mol. The number of hydrogen-bond acceptors (Lipinski definition) is 5. The summed E-state index contributed by atoms with van der Waals surface area (Å²) in [5.41, 5.74) is -0.285. The summed E-state index contributed by atoms with van der Waals surface area (Å²) in [6, 6.07) is 0. The van der Waals surface area contributed by atoms with Crippen LogP contribution in [0.2, 0.25) is 8.87 Å². The van der Waals surface area contributed by atoms with Crippen LogP contribution >= 0.6 is 0 Å². The van der Waals surface area contributed by atoms with E-state index in [1.807, 2.05) is 0 Å². The summed E-state index contributed by atoms with van der Waals surface area (Å²) in [6.45, 7) is 6.66. The maximum atomic E-state index is 12.2. The van der Waals surface area contributed by atoms with Gasteiger partial charge in [0.25, 0.3) is 0 Å². The number of ether oxygens (including phenoxy) is 1. The SMILES string of the molecule is CCC[CH2][Sn]1([CH2]CCC)[O]CC2OC(n3cc(C)c(=O)[nH]c3=O)CC2[O]1. The summed E-state index contributed by atoms with van der Waals surface area (Å²) in [5, 5.41) is 0. The molecular weight excluding hydrogens is 443 g/mol. The Morgan fingerprint density at radius 2 is 1.88 bits per heavy atom. The van der Waals surface area contributed by atoms with Crippen LogP contribution in [0, 0.1) is 6.92 Å². The third-order valence-corrected chi connectivity index (χ3v) is 15.8. The standard InChI is InChI=1S/C10H12N2O5.2C4H9.Sn/c1-5-3-12(10(16)11-9(5)15)8-2-6(14)7(4-13)17-8;2*1-3-4-2;/h3,6-8H,2,4H2,1H3,(H,11,15,16);2*1,3-4H2,2H3;/q-2;;;+2. The summed E-state index contributed by atoms with van der Waals surface area (Å²) in [7, 11) is 0. The normalized spacial score (nSPS) is 27.4. The van der Waals surface area contributed by atoms with E-state index < -0.39 is 31.1 Å². The number of hydrogen-bond donors (Lipinski definition) is 1. The van der Waals surface area contributed by atoms with Crippen LogP contribution in [-0.2, 0) is 10.9 Å². The Bertz CT molecular complexity index is 723. The second-order valence-electron chi connectivity index (χ2n) is 7.43. The van der Waals surface area contributed by atoms with Gasteiger partial charge in [-0.2, -0.15) is 0 Å². The zero-order chi connectivity index (χ0) is 18.7. The molecule has 2 aliphatic rings. The van der Waals surface area contributed by atoms with Crippen LogP contribution in [0.25, 0.3) is 0 Å². The molecule has 3 unspecified atom stereocenters. The number of aryl methyl sites for hydroxylation is 1. The fourth-order valence-corrected chi connectivity index (χ4v) is 14.9. The van der Waals surface area contributed by atoms with Gasteiger partial charge in [-0.1, -0.05) is 0 Å². The molecule has 0 aliphatic carbocycles. The molecule has 2 fully saturated rings. The van der Waals surface area contributed by atoms with Crippen LogP contribution in [0.15, 0.2) is 15.8 Å². The number of fused-ring (bicyclic) bond motifs is 1. The number of H-pyrrole nitrogens is 1. The molecule has 2 aliphatic heterocycles. The average Bonchev–Trinajstić information content (AvgIpc) is 3.04. The minimum absolute atomic E-state index is 0.00241. The van der Waals surface area contributed by atoms with Crippen molar-refractivity contribution in [1.82, 2.24) is 9.55 Å². The van der Waals surface area contributed by atoms with Crippen LogP contribution in [0.1, 0.15) is 57.7 Å². The molecular formula is C18H30N2O5Sn. The van der Waals surface area contributed by atoms with E-state index in [-0.39, 0.29) is 17.8 Å². The molecule has 8 heteroatoms. The van der Waals surface area contributed by atoms with Gasteiger partial charge in [-0.05, 0) is 0 Å². The summed E-state index contributed by atoms with van der Waals surface area (Å²) >= 11 is -3.05. The Labute approximate surface area is 159 Å². The molecule has 2 saturated heterocycles. The number of aromatic amines is 1. The van der Waals surface area contributed by atoms with Gasteiger partial charge < -0.3 is 0 Å². The molecule has 3 rings (SSSR count). The topological polar surface area (TPSA) is 82.5 Å². The maximum absolute atomic E-state index is 12.2. The summed E-state index contributed by atoms with van der Waals surface area (Å²) in [4.78, 5) is 26.1. The van der Waals surface area contributed by atoms with Gasteiger partial charge in [-0.25, -0.2) is 0 Å². The Hall–Kier alpha value is -0.641. The molecule has 0 spiro atoms. The fourth-order valence-electron chi connectivity index (χ4n) is 3.77. The number of aromatic nitrogens is 2. The Kier molecular flexibility index (Phi) is 6.63. The molecule has 26 heavy (non-hydrogen) atoms. The third-order valence-electron chi connectivity index (χ3n) is 5.34. The number of nitrogens with one attached hydrogen (secondary N) is 1. The molecule has 1 aromatic rings. The minimum atomic E-state index is -3.05. The van der Waals surface area contributed by atoms with E-state index in [1.165, 1.54) is 4.57 Å². The van der Waals surface area contributed by atoms with E-state index in [1.54, 1.807) is 13.1 Å². The monoisotopic (exact) mass is 474 g/mol. The van der Waals surface area contributed by atoms with E-state index in [4.69, 9.17) is 10.9 Å². The van der Waals surface area contributed by atoms with Crippen molar-refractivity contribution in [2.24, 2.45) is 0 Å². The Morgan fingerprint density at radius 1 is 1.19 bits per heavy atom. The summed E-state index contributed by atoms with van der Waals surface area (Å²) in [5.74, 6) is 0. The van der Waals surface area contributed by atoms with Crippen molar-refractivity contribution in [1.29, 1.82) is 0 Å². The van der Waals surface area contributed by atoms with Crippen molar-refractivity contribution in [3.63, 3.8) is 0 Å². The van der Waals surface area contributed by atoms with Gasteiger partial charge in [0, 0.05) is 0 Å². The molecule has 7 nitrogen and oxygen atoms in total. The molecule has 0 saturated carbocycles. The van der Waals surface area contributed by atoms with E-state index in [2.05, 4.69) is 18.8 Å².